The number of rotatable bonds is 6. The fourth-order valence-corrected chi connectivity index (χ4v) is 2.74. The number of carbonyl (C=O) groups is 3. The first-order valence-electron chi connectivity index (χ1n) is 8.99. The summed E-state index contributed by atoms with van der Waals surface area (Å²) >= 11 is 0. The summed E-state index contributed by atoms with van der Waals surface area (Å²) in [5.41, 5.74) is 0.671. The Morgan fingerprint density at radius 1 is 0.750 bits per heavy atom. The number of carbonyl (C=O) groups excluding carboxylic acids is 3. The zero-order valence-electron chi connectivity index (χ0n) is 15.7. The minimum Gasteiger partial charge on any atom is -0.507 e. The van der Waals surface area contributed by atoms with E-state index in [-0.39, 0.29) is 22.6 Å². The van der Waals surface area contributed by atoms with Gasteiger partial charge >= 0.3 is 18.1 Å². The first-order valence-corrected chi connectivity index (χ1v) is 8.99. The molecule has 0 amide bonds. The van der Waals surface area contributed by atoms with Crippen LogP contribution in [0.5, 0.6) is 11.5 Å². The highest BCUT2D eigenvalue weighted by Gasteiger charge is 2.24. The van der Waals surface area contributed by atoms with Crippen molar-refractivity contribution in [2.45, 2.75) is 39.5 Å². The van der Waals surface area contributed by atoms with E-state index in [0.717, 1.165) is 12.8 Å². The summed E-state index contributed by atoms with van der Waals surface area (Å²) in [6.07, 6.45) is 1.05. The molecule has 0 heterocycles. The predicted octanol–water partition coefficient (Wildman–Crippen LogP) is 4.14. The lowest BCUT2D eigenvalue weighted by molar-refractivity contribution is 0.0335. The van der Waals surface area contributed by atoms with Gasteiger partial charge < -0.3 is 19.7 Å². The molecule has 2 N–H and O–H groups in total. The van der Waals surface area contributed by atoms with Gasteiger partial charge in [-0.15, -0.1) is 0 Å². The fraction of sp³-hybridized carbons (Fsp3) is 0.286. The molecule has 0 aliphatic rings. The fourth-order valence-electron chi connectivity index (χ4n) is 2.74. The SMILES string of the molecule is CCCc1cccc(C(=O)OC(=O)OC(=O)c2cccc(CCC)c2O)c1O. The average molecular weight is 386 g/mol. The molecule has 0 spiro atoms. The van der Waals surface area contributed by atoms with Crippen LogP contribution >= 0.6 is 0 Å². The molecule has 0 atom stereocenters. The predicted molar refractivity (Wildman–Crippen MR) is 100 cm³/mol. The van der Waals surface area contributed by atoms with Crippen LogP contribution in [-0.4, -0.2) is 28.3 Å². The van der Waals surface area contributed by atoms with Gasteiger partial charge in [-0.25, -0.2) is 14.4 Å². The topological polar surface area (TPSA) is 110 Å². The molecule has 148 valence electrons. The molecule has 0 unspecified atom stereocenters. The number of hydrogen-bond donors (Lipinski definition) is 2. The summed E-state index contributed by atoms with van der Waals surface area (Å²) in [6, 6.07) is 9.01. The van der Waals surface area contributed by atoms with Gasteiger partial charge in [0, 0.05) is 0 Å². The quantitative estimate of drug-likeness (QED) is 0.567. The first-order chi connectivity index (χ1) is 13.4. The number of benzene rings is 2. The van der Waals surface area contributed by atoms with Gasteiger partial charge in [0.15, 0.2) is 0 Å². The van der Waals surface area contributed by atoms with Gasteiger partial charge in [-0.05, 0) is 36.1 Å². The Bertz CT molecular complexity index is 815. The summed E-state index contributed by atoms with van der Waals surface area (Å²) in [7, 11) is 0. The van der Waals surface area contributed by atoms with Gasteiger partial charge in [0.05, 0.1) is 0 Å². The number of esters is 2. The smallest absolute Gasteiger partial charge is 0.507 e. The van der Waals surface area contributed by atoms with E-state index in [2.05, 4.69) is 9.47 Å². The van der Waals surface area contributed by atoms with Crippen molar-refractivity contribution in [1.82, 2.24) is 0 Å². The summed E-state index contributed by atoms with van der Waals surface area (Å²) < 4.78 is 9.00. The van der Waals surface area contributed by atoms with E-state index in [1.165, 1.54) is 12.1 Å². The molecule has 2 aromatic rings. The normalized spacial score (nSPS) is 10.4. The Labute approximate surface area is 162 Å². The summed E-state index contributed by atoms with van der Waals surface area (Å²) in [5, 5.41) is 20.3. The van der Waals surface area contributed by atoms with Crippen LogP contribution in [0.3, 0.4) is 0 Å². The average Bonchev–Trinajstić information content (AvgIpc) is 2.65. The Morgan fingerprint density at radius 3 is 1.50 bits per heavy atom. The second-order valence-electron chi connectivity index (χ2n) is 6.16. The number of aryl methyl sites for hydroxylation is 2. The van der Waals surface area contributed by atoms with Crippen molar-refractivity contribution in [3.05, 3.63) is 58.7 Å². The Kier molecular flexibility index (Phi) is 7.14. The monoisotopic (exact) mass is 386 g/mol. The van der Waals surface area contributed by atoms with Gasteiger partial charge in [0.1, 0.15) is 22.6 Å². The molecule has 7 heteroatoms. The van der Waals surface area contributed by atoms with E-state index >= 15 is 0 Å². The summed E-state index contributed by atoms with van der Waals surface area (Å²) in [6.45, 7) is 3.83. The lowest BCUT2D eigenvalue weighted by Crippen LogP contribution is -2.18. The molecule has 28 heavy (non-hydrogen) atoms. The van der Waals surface area contributed by atoms with Crippen LogP contribution in [0.4, 0.5) is 4.79 Å². The van der Waals surface area contributed by atoms with Gasteiger partial charge in [-0.2, -0.15) is 0 Å². The highest BCUT2D eigenvalue weighted by Crippen LogP contribution is 2.26. The molecule has 0 saturated carbocycles. The molecule has 0 saturated heterocycles. The van der Waals surface area contributed by atoms with Crippen molar-refractivity contribution in [2.24, 2.45) is 0 Å². The molecule has 0 bridgehead atoms. The van der Waals surface area contributed by atoms with Crippen molar-refractivity contribution in [1.29, 1.82) is 0 Å². The third kappa shape index (κ3) is 4.88. The minimum atomic E-state index is -1.55. The van der Waals surface area contributed by atoms with Crippen LogP contribution in [0.25, 0.3) is 0 Å². The Balaban J connectivity index is 2.08. The van der Waals surface area contributed by atoms with Crippen molar-refractivity contribution in [2.75, 3.05) is 0 Å². The molecular weight excluding hydrogens is 364 g/mol. The van der Waals surface area contributed by atoms with E-state index < -0.39 is 18.1 Å². The van der Waals surface area contributed by atoms with E-state index in [0.29, 0.717) is 24.0 Å². The van der Waals surface area contributed by atoms with Crippen molar-refractivity contribution in [3.63, 3.8) is 0 Å². The van der Waals surface area contributed by atoms with Crippen molar-refractivity contribution >= 4 is 18.1 Å². The number of phenolic OH excluding ortho intramolecular Hbond substituents is 2. The first kappa shape index (κ1) is 21.0. The largest absolute Gasteiger partial charge is 0.524 e. The third-order valence-electron chi connectivity index (χ3n) is 4.07. The molecule has 0 radical (unpaired) electrons. The number of para-hydroxylation sites is 2. The number of aromatic hydroxyl groups is 2. The van der Waals surface area contributed by atoms with Crippen molar-refractivity contribution in [3.8, 4) is 11.5 Å². The molecule has 2 rings (SSSR count). The number of hydrogen-bond acceptors (Lipinski definition) is 7. The molecule has 0 aliphatic carbocycles. The lowest BCUT2D eigenvalue weighted by atomic mass is 10.0. The Morgan fingerprint density at radius 2 is 1.14 bits per heavy atom. The Hall–Kier alpha value is -3.35. The van der Waals surface area contributed by atoms with E-state index in [4.69, 9.17) is 0 Å². The van der Waals surface area contributed by atoms with Gasteiger partial charge in [0.2, 0.25) is 0 Å². The number of ether oxygens (including phenoxy) is 2. The number of phenols is 2. The molecular formula is C21H22O7. The van der Waals surface area contributed by atoms with Crippen molar-refractivity contribution < 1.29 is 34.1 Å². The van der Waals surface area contributed by atoms with Gasteiger partial charge in [-0.1, -0.05) is 51.0 Å². The standard InChI is InChI=1S/C21H22O7/c1-3-7-13-9-5-11-15(17(13)22)19(24)27-21(26)28-20(25)16-12-6-10-14(8-4-2)18(16)23/h5-6,9-12,22-23H,3-4,7-8H2,1-2H3. The van der Waals surface area contributed by atoms with E-state index in [1.807, 2.05) is 13.8 Å². The summed E-state index contributed by atoms with van der Waals surface area (Å²) in [4.78, 5) is 36.0. The van der Waals surface area contributed by atoms with E-state index in [9.17, 15) is 24.6 Å². The van der Waals surface area contributed by atoms with E-state index in [1.54, 1.807) is 24.3 Å². The zero-order chi connectivity index (χ0) is 20.7. The zero-order valence-corrected chi connectivity index (χ0v) is 15.7. The molecule has 7 nitrogen and oxygen atoms in total. The van der Waals surface area contributed by atoms with Gasteiger partial charge in [0.25, 0.3) is 0 Å². The second kappa shape index (κ2) is 9.55. The maximum atomic E-state index is 12.1. The minimum absolute atomic E-state index is 0.205. The van der Waals surface area contributed by atoms with Crippen LogP contribution in [0.15, 0.2) is 36.4 Å². The lowest BCUT2D eigenvalue weighted by Gasteiger charge is -2.09. The second-order valence-corrected chi connectivity index (χ2v) is 6.16. The molecule has 0 fully saturated rings. The van der Waals surface area contributed by atoms with Crippen LogP contribution in [-0.2, 0) is 22.3 Å². The maximum absolute atomic E-state index is 12.1. The third-order valence-corrected chi connectivity index (χ3v) is 4.07. The van der Waals surface area contributed by atoms with Crippen LogP contribution in [0.2, 0.25) is 0 Å². The summed E-state index contributed by atoms with van der Waals surface area (Å²) in [5.74, 6) is -2.84. The highest BCUT2D eigenvalue weighted by molar-refractivity contribution is 6.02. The highest BCUT2D eigenvalue weighted by atomic mass is 16.8. The van der Waals surface area contributed by atoms with Crippen LogP contribution < -0.4 is 0 Å². The maximum Gasteiger partial charge on any atom is 0.524 e. The van der Waals surface area contributed by atoms with Crippen LogP contribution in [0.1, 0.15) is 58.5 Å². The molecule has 0 aliphatic heterocycles. The molecule has 0 aromatic heterocycles. The molecule has 2 aromatic carbocycles. The van der Waals surface area contributed by atoms with Crippen LogP contribution in [0, 0.1) is 0 Å². The van der Waals surface area contributed by atoms with Gasteiger partial charge in [-0.3, -0.25) is 0 Å².